The van der Waals surface area contributed by atoms with E-state index in [-0.39, 0.29) is 24.0 Å². The number of guanidine groups is 1. The lowest BCUT2D eigenvalue weighted by molar-refractivity contribution is 0.715. The van der Waals surface area contributed by atoms with Gasteiger partial charge >= 0.3 is 0 Å². The minimum Gasteiger partial charge on any atom is -0.351 e. The smallest absolute Gasteiger partial charge is 0.192 e. The van der Waals surface area contributed by atoms with Crippen molar-refractivity contribution >= 4 is 41.3 Å². The second-order valence-corrected chi connectivity index (χ2v) is 8.67. The summed E-state index contributed by atoms with van der Waals surface area (Å²) in [4.78, 5) is 6.12. The summed E-state index contributed by atoms with van der Waals surface area (Å²) in [5.41, 5.74) is 4.25. The largest absolute Gasteiger partial charge is 0.351 e. The third-order valence-electron chi connectivity index (χ3n) is 5.24. The highest BCUT2D eigenvalue weighted by atomic mass is 127. The van der Waals surface area contributed by atoms with Crippen LogP contribution in [0.3, 0.4) is 0 Å². The Morgan fingerprint density at radius 2 is 1.82 bits per heavy atom. The van der Waals surface area contributed by atoms with Gasteiger partial charge in [-0.25, -0.2) is 9.67 Å². The van der Waals surface area contributed by atoms with E-state index in [1.165, 1.54) is 4.88 Å². The molecule has 0 saturated heterocycles. The van der Waals surface area contributed by atoms with Crippen LogP contribution in [0.25, 0.3) is 5.69 Å². The van der Waals surface area contributed by atoms with Crippen molar-refractivity contribution < 1.29 is 0 Å². The summed E-state index contributed by atoms with van der Waals surface area (Å²) in [5.74, 6) is 2.46. The molecule has 0 atom stereocenters. The standard InChI is InChI=1S/C23H28N8S.HI/c1-16-12-17(2)31(29-16)21-10-6-5-8-19(21)13-24-23(25-14-20-9-7-11-32-20)26-15-22-28-27-18(3)30(22)4;/h5-12H,13-15H2,1-4H3,(H2,24,25,26);1H. The first-order valence-corrected chi connectivity index (χ1v) is 11.4. The molecule has 0 unspecified atom stereocenters. The minimum atomic E-state index is 0. The summed E-state index contributed by atoms with van der Waals surface area (Å²) in [6.07, 6.45) is 0. The molecule has 0 bridgehead atoms. The van der Waals surface area contributed by atoms with Crippen molar-refractivity contribution in [2.75, 3.05) is 0 Å². The highest BCUT2D eigenvalue weighted by Crippen LogP contribution is 2.18. The Kier molecular flexibility index (Phi) is 8.61. The first kappa shape index (κ1) is 24.9. The van der Waals surface area contributed by atoms with Gasteiger partial charge in [-0.15, -0.1) is 45.5 Å². The number of halogens is 1. The Labute approximate surface area is 215 Å². The SMILES string of the molecule is Cc1cc(C)n(-c2ccccc2CN=C(NCc2cccs2)NCc2nnc(C)n2C)n1.I. The molecule has 0 spiro atoms. The van der Waals surface area contributed by atoms with Gasteiger partial charge in [-0.2, -0.15) is 5.10 Å². The van der Waals surface area contributed by atoms with Gasteiger partial charge < -0.3 is 15.2 Å². The molecule has 0 saturated carbocycles. The van der Waals surface area contributed by atoms with Gasteiger partial charge in [0, 0.05) is 17.6 Å². The number of aliphatic imine (C=N–C) groups is 1. The summed E-state index contributed by atoms with van der Waals surface area (Å²) in [6, 6.07) is 14.5. The molecule has 8 nitrogen and oxygen atoms in total. The molecule has 0 aliphatic rings. The zero-order valence-electron chi connectivity index (χ0n) is 19.2. The normalized spacial score (nSPS) is 11.3. The quantitative estimate of drug-likeness (QED) is 0.197. The highest BCUT2D eigenvalue weighted by Gasteiger charge is 2.10. The van der Waals surface area contributed by atoms with Crippen LogP contribution < -0.4 is 10.6 Å². The fourth-order valence-electron chi connectivity index (χ4n) is 3.41. The minimum absolute atomic E-state index is 0. The van der Waals surface area contributed by atoms with Crippen LogP contribution in [-0.2, 0) is 26.7 Å². The fourth-order valence-corrected chi connectivity index (χ4v) is 4.06. The Hall–Kier alpha value is -2.73. The second-order valence-electron chi connectivity index (χ2n) is 7.64. The van der Waals surface area contributed by atoms with E-state index in [2.05, 4.69) is 68.6 Å². The zero-order chi connectivity index (χ0) is 22.5. The van der Waals surface area contributed by atoms with Crippen LogP contribution in [-0.4, -0.2) is 30.5 Å². The average Bonchev–Trinajstić information content (AvgIpc) is 3.50. The highest BCUT2D eigenvalue weighted by molar-refractivity contribution is 14.0. The lowest BCUT2D eigenvalue weighted by atomic mass is 10.2. The number of aromatic nitrogens is 5. The molecule has 3 aromatic heterocycles. The molecule has 3 heterocycles. The predicted octanol–water partition coefficient (Wildman–Crippen LogP) is 4.04. The number of benzene rings is 1. The van der Waals surface area contributed by atoms with Gasteiger partial charge in [-0.3, -0.25) is 0 Å². The third-order valence-corrected chi connectivity index (χ3v) is 6.12. The van der Waals surface area contributed by atoms with E-state index in [9.17, 15) is 0 Å². The van der Waals surface area contributed by atoms with Crippen molar-refractivity contribution in [3.8, 4) is 5.69 Å². The lowest BCUT2D eigenvalue weighted by Crippen LogP contribution is -2.37. The number of nitrogens with zero attached hydrogens (tertiary/aromatic N) is 6. The van der Waals surface area contributed by atoms with Crippen LogP contribution in [0.5, 0.6) is 0 Å². The predicted molar refractivity (Wildman–Crippen MR) is 143 cm³/mol. The molecule has 0 radical (unpaired) electrons. The van der Waals surface area contributed by atoms with Crippen molar-refractivity contribution in [3.05, 3.63) is 81.3 Å². The van der Waals surface area contributed by atoms with Gasteiger partial charge in [0.2, 0.25) is 0 Å². The summed E-state index contributed by atoms with van der Waals surface area (Å²) >= 11 is 1.72. The van der Waals surface area contributed by atoms with Crippen LogP contribution in [0.2, 0.25) is 0 Å². The Balaban J connectivity index is 0.00000306. The van der Waals surface area contributed by atoms with Gasteiger partial charge in [0.05, 0.1) is 31.0 Å². The van der Waals surface area contributed by atoms with Gasteiger partial charge in [-0.05, 0) is 49.9 Å². The monoisotopic (exact) mass is 576 g/mol. The molecule has 33 heavy (non-hydrogen) atoms. The van der Waals surface area contributed by atoms with E-state index in [1.54, 1.807) is 11.3 Å². The lowest BCUT2D eigenvalue weighted by Gasteiger charge is -2.13. The van der Waals surface area contributed by atoms with E-state index < -0.39 is 0 Å². The third kappa shape index (κ3) is 6.20. The molecule has 0 fully saturated rings. The van der Waals surface area contributed by atoms with Crippen LogP contribution in [0.1, 0.15) is 33.5 Å². The first-order chi connectivity index (χ1) is 15.5. The fraction of sp³-hybridized carbons (Fsp3) is 0.304. The van der Waals surface area contributed by atoms with Crippen molar-refractivity contribution in [2.45, 2.75) is 40.4 Å². The van der Waals surface area contributed by atoms with E-state index in [0.29, 0.717) is 19.6 Å². The second kappa shape index (κ2) is 11.4. The number of hydrogen-bond acceptors (Lipinski definition) is 5. The van der Waals surface area contributed by atoms with Gasteiger partial charge in [0.25, 0.3) is 0 Å². The van der Waals surface area contributed by atoms with Crippen LogP contribution >= 0.6 is 35.3 Å². The zero-order valence-corrected chi connectivity index (χ0v) is 22.4. The van der Waals surface area contributed by atoms with Crippen LogP contribution in [0.4, 0.5) is 0 Å². The maximum Gasteiger partial charge on any atom is 0.192 e. The summed E-state index contributed by atoms with van der Waals surface area (Å²) in [5, 5.41) is 21.9. The van der Waals surface area contributed by atoms with Crippen molar-refractivity contribution in [1.29, 1.82) is 0 Å². The maximum absolute atomic E-state index is 4.87. The van der Waals surface area contributed by atoms with Crippen molar-refractivity contribution in [3.63, 3.8) is 0 Å². The molecule has 10 heteroatoms. The van der Waals surface area contributed by atoms with Gasteiger partial charge in [0.1, 0.15) is 5.82 Å². The number of nitrogens with one attached hydrogen (secondary N) is 2. The summed E-state index contributed by atoms with van der Waals surface area (Å²) in [7, 11) is 1.97. The molecular formula is C23H29IN8S. The molecule has 0 aliphatic carbocycles. The Morgan fingerprint density at radius 1 is 1.03 bits per heavy atom. The van der Waals surface area contributed by atoms with Gasteiger partial charge in [-0.1, -0.05) is 24.3 Å². The Bertz CT molecular complexity index is 1210. The average molecular weight is 577 g/mol. The molecule has 0 amide bonds. The van der Waals surface area contributed by atoms with E-state index >= 15 is 0 Å². The number of para-hydroxylation sites is 1. The number of thiophene rings is 1. The molecule has 4 aromatic rings. The molecule has 174 valence electrons. The molecule has 2 N–H and O–H groups in total. The summed E-state index contributed by atoms with van der Waals surface area (Å²) < 4.78 is 3.96. The van der Waals surface area contributed by atoms with E-state index in [4.69, 9.17) is 4.99 Å². The van der Waals surface area contributed by atoms with E-state index in [1.807, 2.05) is 42.3 Å². The van der Waals surface area contributed by atoms with E-state index in [0.717, 1.165) is 40.2 Å². The maximum atomic E-state index is 4.87. The molecular weight excluding hydrogens is 547 g/mol. The molecule has 1 aromatic carbocycles. The van der Waals surface area contributed by atoms with Gasteiger partial charge in [0.15, 0.2) is 11.8 Å². The number of rotatable bonds is 7. The number of aryl methyl sites for hydroxylation is 3. The van der Waals surface area contributed by atoms with Crippen LogP contribution in [0, 0.1) is 20.8 Å². The van der Waals surface area contributed by atoms with Crippen molar-refractivity contribution in [2.24, 2.45) is 12.0 Å². The number of hydrogen-bond donors (Lipinski definition) is 2. The molecule has 0 aliphatic heterocycles. The summed E-state index contributed by atoms with van der Waals surface area (Å²) in [6.45, 7) is 7.78. The Morgan fingerprint density at radius 3 is 2.48 bits per heavy atom. The molecule has 4 rings (SSSR count). The van der Waals surface area contributed by atoms with Crippen LogP contribution in [0.15, 0.2) is 52.8 Å². The first-order valence-electron chi connectivity index (χ1n) is 10.5. The topological polar surface area (TPSA) is 85.0 Å². The van der Waals surface area contributed by atoms with Crippen molar-refractivity contribution in [1.82, 2.24) is 35.2 Å².